The first-order chi connectivity index (χ1) is 9.63. The average molecular weight is 265 g/mol. The van der Waals surface area contributed by atoms with Crippen LogP contribution in [0.2, 0.25) is 0 Å². The molecule has 1 aliphatic rings. The molecular formula is C17H19N3. The monoisotopic (exact) mass is 265 g/mol. The smallest absolute Gasteiger partial charge is 0.0998 e. The van der Waals surface area contributed by atoms with E-state index in [9.17, 15) is 5.26 Å². The molecule has 2 aromatic carbocycles. The average Bonchev–Trinajstić information content (AvgIpc) is 2.46. The molecule has 3 rings (SSSR count). The van der Waals surface area contributed by atoms with Gasteiger partial charge in [-0.1, -0.05) is 24.3 Å². The molecule has 0 saturated carbocycles. The maximum absolute atomic E-state index is 9.27. The van der Waals surface area contributed by atoms with Gasteiger partial charge in [0.1, 0.15) is 0 Å². The van der Waals surface area contributed by atoms with E-state index in [0.717, 1.165) is 30.6 Å². The van der Waals surface area contributed by atoms with E-state index in [0.29, 0.717) is 0 Å². The molecule has 1 fully saturated rings. The number of nitriles is 1. The molecule has 0 aliphatic carbocycles. The largest absolute Gasteiger partial charge is 0.363 e. The zero-order valence-corrected chi connectivity index (χ0v) is 12.0. The van der Waals surface area contributed by atoms with Gasteiger partial charge in [0, 0.05) is 41.6 Å². The number of piperazine rings is 1. The number of hydrogen-bond donors (Lipinski definition) is 1. The molecule has 1 aliphatic heterocycles. The summed E-state index contributed by atoms with van der Waals surface area (Å²) in [4.78, 5) is 2.45. The highest BCUT2D eigenvalue weighted by Gasteiger charge is 2.30. The third kappa shape index (κ3) is 2.03. The van der Waals surface area contributed by atoms with Crippen LogP contribution in [-0.4, -0.2) is 25.2 Å². The maximum atomic E-state index is 9.27. The molecule has 0 bridgehead atoms. The van der Waals surface area contributed by atoms with Crippen LogP contribution < -0.4 is 10.2 Å². The van der Waals surface area contributed by atoms with Crippen molar-refractivity contribution in [1.82, 2.24) is 5.32 Å². The van der Waals surface area contributed by atoms with Crippen molar-refractivity contribution in [1.29, 1.82) is 5.26 Å². The van der Waals surface area contributed by atoms with Crippen molar-refractivity contribution < 1.29 is 0 Å². The predicted molar refractivity (Wildman–Crippen MR) is 83.0 cm³/mol. The standard InChI is InChI=1S/C17H19N3/c1-17(2)12-19-9-10-20(17)16-8-7-13(11-18)14-5-3-4-6-15(14)16/h3-8,19H,9-10,12H2,1-2H3. The van der Waals surface area contributed by atoms with Crippen molar-refractivity contribution >= 4 is 16.5 Å². The van der Waals surface area contributed by atoms with E-state index in [1.165, 1.54) is 11.1 Å². The fourth-order valence-corrected chi connectivity index (χ4v) is 3.05. The molecule has 1 N–H and O–H groups in total. The van der Waals surface area contributed by atoms with Crippen LogP contribution in [-0.2, 0) is 0 Å². The van der Waals surface area contributed by atoms with E-state index in [2.05, 4.69) is 42.3 Å². The number of anilines is 1. The molecule has 2 aromatic rings. The molecule has 102 valence electrons. The molecule has 0 spiro atoms. The third-order valence-corrected chi connectivity index (χ3v) is 4.11. The number of rotatable bonds is 1. The fraction of sp³-hybridized carbons (Fsp3) is 0.353. The van der Waals surface area contributed by atoms with Crippen LogP contribution in [0, 0.1) is 11.3 Å². The van der Waals surface area contributed by atoms with E-state index >= 15 is 0 Å². The van der Waals surface area contributed by atoms with Crippen molar-refractivity contribution in [2.45, 2.75) is 19.4 Å². The Kier molecular flexibility index (Phi) is 3.11. The zero-order chi connectivity index (χ0) is 14.2. The summed E-state index contributed by atoms with van der Waals surface area (Å²) in [6.07, 6.45) is 0. The van der Waals surface area contributed by atoms with Gasteiger partial charge in [0.15, 0.2) is 0 Å². The lowest BCUT2D eigenvalue weighted by molar-refractivity contribution is 0.381. The summed E-state index contributed by atoms with van der Waals surface area (Å²) in [5.74, 6) is 0. The highest BCUT2D eigenvalue weighted by molar-refractivity contribution is 5.98. The van der Waals surface area contributed by atoms with Crippen LogP contribution in [0.1, 0.15) is 19.4 Å². The van der Waals surface area contributed by atoms with Gasteiger partial charge in [0.25, 0.3) is 0 Å². The van der Waals surface area contributed by atoms with Crippen LogP contribution in [0.5, 0.6) is 0 Å². The summed E-state index contributed by atoms with van der Waals surface area (Å²) >= 11 is 0. The minimum Gasteiger partial charge on any atom is -0.363 e. The Balaban J connectivity index is 2.20. The lowest BCUT2D eigenvalue weighted by Crippen LogP contribution is -2.58. The molecule has 3 heteroatoms. The highest BCUT2D eigenvalue weighted by Crippen LogP contribution is 2.33. The van der Waals surface area contributed by atoms with Gasteiger partial charge in [0.05, 0.1) is 11.6 Å². The van der Waals surface area contributed by atoms with Crippen LogP contribution >= 0.6 is 0 Å². The van der Waals surface area contributed by atoms with E-state index < -0.39 is 0 Å². The minimum atomic E-state index is 0.0786. The number of nitrogens with zero attached hydrogens (tertiary/aromatic N) is 2. The highest BCUT2D eigenvalue weighted by atomic mass is 15.3. The third-order valence-electron chi connectivity index (χ3n) is 4.11. The Hall–Kier alpha value is -2.05. The van der Waals surface area contributed by atoms with E-state index in [1.807, 2.05) is 24.3 Å². The van der Waals surface area contributed by atoms with Crippen molar-refractivity contribution in [3.8, 4) is 6.07 Å². The van der Waals surface area contributed by atoms with Gasteiger partial charge in [0.2, 0.25) is 0 Å². The molecule has 0 atom stereocenters. The minimum absolute atomic E-state index is 0.0786. The number of fused-ring (bicyclic) bond motifs is 1. The second-order valence-electron chi connectivity index (χ2n) is 5.93. The first kappa shape index (κ1) is 13.0. The van der Waals surface area contributed by atoms with Gasteiger partial charge in [-0.2, -0.15) is 5.26 Å². The van der Waals surface area contributed by atoms with Crippen LogP contribution in [0.15, 0.2) is 36.4 Å². The number of nitrogens with one attached hydrogen (secondary N) is 1. The predicted octanol–water partition coefficient (Wildman–Crippen LogP) is 2.90. The van der Waals surface area contributed by atoms with Gasteiger partial charge in [-0.05, 0) is 26.0 Å². The SMILES string of the molecule is CC1(C)CNCCN1c1ccc(C#N)c2ccccc12. The van der Waals surface area contributed by atoms with E-state index in [4.69, 9.17) is 0 Å². The van der Waals surface area contributed by atoms with Crippen LogP contribution in [0.4, 0.5) is 5.69 Å². The summed E-state index contributed by atoms with van der Waals surface area (Å²) in [5, 5.41) is 14.9. The molecular weight excluding hydrogens is 246 g/mol. The quantitative estimate of drug-likeness (QED) is 0.861. The number of benzene rings is 2. The topological polar surface area (TPSA) is 39.1 Å². The molecule has 3 nitrogen and oxygen atoms in total. The maximum Gasteiger partial charge on any atom is 0.0998 e. The Bertz CT molecular complexity index is 682. The van der Waals surface area contributed by atoms with Crippen molar-refractivity contribution in [3.63, 3.8) is 0 Å². The fourth-order valence-electron chi connectivity index (χ4n) is 3.05. The van der Waals surface area contributed by atoms with E-state index in [-0.39, 0.29) is 5.54 Å². The first-order valence-corrected chi connectivity index (χ1v) is 7.04. The molecule has 20 heavy (non-hydrogen) atoms. The molecule has 0 aromatic heterocycles. The lowest BCUT2D eigenvalue weighted by Gasteiger charge is -2.45. The van der Waals surface area contributed by atoms with Crippen molar-refractivity contribution in [2.75, 3.05) is 24.5 Å². The van der Waals surface area contributed by atoms with Gasteiger partial charge in [-0.3, -0.25) is 0 Å². The second kappa shape index (κ2) is 4.81. The summed E-state index contributed by atoms with van der Waals surface area (Å²) in [6, 6.07) is 14.5. The zero-order valence-electron chi connectivity index (χ0n) is 12.0. The van der Waals surface area contributed by atoms with Gasteiger partial charge in [-0.25, -0.2) is 0 Å². The van der Waals surface area contributed by atoms with Crippen molar-refractivity contribution in [2.24, 2.45) is 0 Å². The Morgan fingerprint density at radius 2 is 1.90 bits per heavy atom. The summed E-state index contributed by atoms with van der Waals surface area (Å²) in [6.45, 7) is 7.47. The number of hydrogen-bond acceptors (Lipinski definition) is 3. The summed E-state index contributed by atoms with van der Waals surface area (Å²) in [7, 11) is 0. The molecule has 1 saturated heterocycles. The Labute approximate surface area is 119 Å². The molecule has 0 radical (unpaired) electrons. The van der Waals surface area contributed by atoms with Gasteiger partial charge in [-0.15, -0.1) is 0 Å². The van der Waals surface area contributed by atoms with Crippen molar-refractivity contribution in [3.05, 3.63) is 42.0 Å². The Morgan fingerprint density at radius 3 is 2.60 bits per heavy atom. The van der Waals surface area contributed by atoms with Gasteiger partial charge < -0.3 is 10.2 Å². The van der Waals surface area contributed by atoms with E-state index in [1.54, 1.807) is 0 Å². The van der Waals surface area contributed by atoms with Crippen LogP contribution in [0.3, 0.4) is 0 Å². The Morgan fingerprint density at radius 1 is 1.15 bits per heavy atom. The summed E-state index contributed by atoms with van der Waals surface area (Å²) in [5.41, 5.74) is 2.05. The molecule has 0 amide bonds. The first-order valence-electron chi connectivity index (χ1n) is 7.04. The lowest BCUT2D eigenvalue weighted by atomic mass is 9.96. The van der Waals surface area contributed by atoms with Gasteiger partial charge >= 0.3 is 0 Å². The van der Waals surface area contributed by atoms with Crippen LogP contribution in [0.25, 0.3) is 10.8 Å². The normalized spacial score (nSPS) is 17.9. The summed E-state index contributed by atoms with van der Waals surface area (Å²) < 4.78 is 0. The molecule has 1 heterocycles. The second-order valence-corrected chi connectivity index (χ2v) is 5.93. The molecule has 0 unspecified atom stereocenters.